The molecule has 2 rings (SSSR count). The average molecular weight is 373 g/mol. The van der Waals surface area contributed by atoms with Gasteiger partial charge in [-0.25, -0.2) is 4.79 Å². The Morgan fingerprint density at radius 1 is 1.23 bits per heavy atom. The predicted octanol–water partition coefficient (Wildman–Crippen LogP) is 5.67. The van der Waals surface area contributed by atoms with Crippen molar-refractivity contribution in [2.24, 2.45) is 0 Å². The number of esters is 1. The van der Waals surface area contributed by atoms with Gasteiger partial charge in [-0.05, 0) is 47.2 Å². The molecule has 0 bridgehead atoms. The molecule has 0 saturated heterocycles. The second-order valence-electron chi connectivity index (χ2n) is 7.46. The standard InChI is InChI=1S/C22H25ClO3/c1-14(2)21(25)26-10-9-16-11-17(22(3,4)5)13-19(20(16)24)15-7-6-8-18(23)12-15/h6-8,11-13,24H,1,9-10H2,2-5H3. The lowest BCUT2D eigenvalue weighted by Crippen LogP contribution is -2.13. The maximum Gasteiger partial charge on any atom is 0.333 e. The largest absolute Gasteiger partial charge is 0.507 e. The zero-order valence-corrected chi connectivity index (χ0v) is 16.5. The van der Waals surface area contributed by atoms with E-state index < -0.39 is 5.97 Å². The van der Waals surface area contributed by atoms with E-state index in [4.69, 9.17) is 16.3 Å². The molecular weight excluding hydrogens is 348 g/mol. The summed E-state index contributed by atoms with van der Waals surface area (Å²) in [7, 11) is 0. The van der Waals surface area contributed by atoms with Crippen LogP contribution < -0.4 is 0 Å². The number of ether oxygens (including phenoxy) is 1. The highest BCUT2D eigenvalue weighted by molar-refractivity contribution is 6.30. The molecule has 0 aromatic heterocycles. The normalized spacial score (nSPS) is 11.3. The van der Waals surface area contributed by atoms with Crippen LogP contribution in [0.5, 0.6) is 5.75 Å². The van der Waals surface area contributed by atoms with Crippen LogP contribution in [0.4, 0.5) is 0 Å². The summed E-state index contributed by atoms with van der Waals surface area (Å²) in [6, 6.07) is 11.4. The molecule has 0 aliphatic heterocycles. The Kier molecular flexibility index (Phi) is 6.14. The van der Waals surface area contributed by atoms with Crippen molar-refractivity contribution in [3.63, 3.8) is 0 Å². The molecule has 1 N–H and O–H groups in total. The summed E-state index contributed by atoms with van der Waals surface area (Å²) in [6.45, 7) is 11.7. The first-order valence-electron chi connectivity index (χ1n) is 8.54. The molecule has 0 spiro atoms. The number of phenols is 1. The van der Waals surface area contributed by atoms with Gasteiger partial charge in [-0.1, -0.05) is 57.2 Å². The minimum Gasteiger partial charge on any atom is -0.507 e. The van der Waals surface area contributed by atoms with Crippen LogP contribution in [0.2, 0.25) is 5.02 Å². The van der Waals surface area contributed by atoms with E-state index in [1.54, 1.807) is 13.0 Å². The molecule has 0 saturated carbocycles. The number of rotatable bonds is 5. The SMILES string of the molecule is C=C(C)C(=O)OCCc1cc(C(C)(C)C)cc(-c2cccc(Cl)c2)c1O. The van der Waals surface area contributed by atoms with E-state index in [-0.39, 0.29) is 17.8 Å². The van der Waals surface area contributed by atoms with Crippen LogP contribution in [0.25, 0.3) is 11.1 Å². The fourth-order valence-corrected chi connectivity index (χ4v) is 2.76. The number of benzene rings is 2. The van der Waals surface area contributed by atoms with Crippen LogP contribution in [-0.4, -0.2) is 17.7 Å². The Hall–Kier alpha value is -2.26. The molecule has 0 fully saturated rings. The van der Waals surface area contributed by atoms with E-state index >= 15 is 0 Å². The van der Waals surface area contributed by atoms with Gasteiger partial charge < -0.3 is 9.84 Å². The smallest absolute Gasteiger partial charge is 0.333 e. The summed E-state index contributed by atoms with van der Waals surface area (Å²) < 4.78 is 5.18. The summed E-state index contributed by atoms with van der Waals surface area (Å²) in [4.78, 5) is 11.6. The molecule has 2 aromatic carbocycles. The third-order valence-electron chi connectivity index (χ3n) is 4.14. The van der Waals surface area contributed by atoms with Gasteiger partial charge in [-0.3, -0.25) is 0 Å². The number of carbonyl (C=O) groups is 1. The van der Waals surface area contributed by atoms with Crippen LogP contribution in [0.3, 0.4) is 0 Å². The molecule has 2 aromatic rings. The van der Waals surface area contributed by atoms with Gasteiger partial charge in [0.05, 0.1) is 6.61 Å². The molecule has 0 radical (unpaired) electrons. The van der Waals surface area contributed by atoms with E-state index in [1.165, 1.54) is 0 Å². The lowest BCUT2D eigenvalue weighted by atomic mass is 9.83. The molecule has 26 heavy (non-hydrogen) atoms. The van der Waals surface area contributed by atoms with Crippen molar-refractivity contribution < 1.29 is 14.6 Å². The van der Waals surface area contributed by atoms with Crippen LogP contribution in [0.1, 0.15) is 38.8 Å². The number of aromatic hydroxyl groups is 1. The van der Waals surface area contributed by atoms with Gasteiger partial charge >= 0.3 is 5.97 Å². The zero-order chi connectivity index (χ0) is 19.5. The van der Waals surface area contributed by atoms with Crippen molar-refractivity contribution in [3.05, 3.63) is 64.7 Å². The number of phenolic OH excluding ortho intramolecular Hbond substituents is 1. The van der Waals surface area contributed by atoms with E-state index in [0.717, 1.165) is 22.3 Å². The molecule has 0 aliphatic carbocycles. The molecule has 0 amide bonds. The topological polar surface area (TPSA) is 46.5 Å². The molecule has 4 heteroatoms. The summed E-state index contributed by atoms with van der Waals surface area (Å²) >= 11 is 6.12. The van der Waals surface area contributed by atoms with E-state index in [9.17, 15) is 9.90 Å². The Morgan fingerprint density at radius 3 is 2.50 bits per heavy atom. The fourth-order valence-electron chi connectivity index (χ4n) is 2.57. The van der Waals surface area contributed by atoms with E-state index in [1.807, 2.05) is 30.3 Å². The fraction of sp³-hybridized carbons (Fsp3) is 0.318. The van der Waals surface area contributed by atoms with Gasteiger partial charge in [0.15, 0.2) is 0 Å². The van der Waals surface area contributed by atoms with Gasteiger partial charge in [0, 0.05) is 22.6 Å². The third-order valence-corrected chi connectivity index (χ3v) is 4.38. The Balaban J connectivity index is 2.42. The van der Waals surface area contributed by atoms with Crippen molar-refractivity contribution in [2.45, 2.75) is 39.5 Å². The minimum atomic E-state index is -0.425. The monoisotopic (exact) mass is 372 g/mol. The van der Waals surface area contributed by atoms with Crippen molar-refractivity contribution in [1.82, 2.24) is 0 Å². The van der Waals surface area contributed by atoms with Crippen molar-refractivity contribution >= 4 is 17.6 Å². The average Bonchev–Trinajstić information content (AvgIpc) is 2.55. The van der Waals surface area contributed by atoms with Crippen LogP contribution in [0, 0.1) is 0 Å². The second kappa shape index (κ2) is 7.96. The minimum absolute atomic E-state index is 0.0931. The van der Waals surface area contributed by atoms with Gasteiger partial charge in [0.25, 0.3) is 0 Å². The summed E-state index contributed by atoms with van der Waals surface area (Å²) in [5.41, 5.74) is 3.66. The maximum absolute atomic E-state index is 11.6. The number of carbonyl (C=O) groups excluding carboxylic acids is 1. The van der Waals surface area contributed by atoms with Crippen molar-refractivity contribution in [1.29, 1.82) is 0 Å². The van der Waals surface area contributed by atoms with Gasteiger partial charge in [0.1, 0.15) is 5.75 Å². The molecule has 0 unspecified atom stereocenters. The van der Waals surface area contributed by atoms with Gasteiger partial charge in [-0.15, -0.1) is 0 Å². The predicted molar refractivity (Wildman–Crippen MR) is 107 cm³/mol. The van der Waals surface area contributed by atoms with Crippen molar-refractivity contribution in [3.8, 4) is 16.9 Å². The number of hydrogen-bond donors (Lipinski definition) is 1. The van der Waals surface area contributed by atoms with E-state index in [2.05, 4.69) is 27.4 Å². The lowest BCUT2D eigenvalue weighted by Gasteiger charge is -2.23. The Labute approximate surface area is 160 Å². The number of hydrogen-bond acceptors (Lipinski definition) is 3. The summed E-state index contributed by atoms with van der Waals surface area (Å²) in [5, 5.41) is 11.4. The van der Waals surface area contributed by atoms with Crippen molar-refractivity contribution in [2.75, 3.05) is 6.61 Å². The first kappa shape index (κ1) is 20.1. The highest BCUT2D eigenvalue weighted by Crippen LogP contribution is 2.38. The highest BCUT2D eigenvalue weighted by atomic mass is 35.5. The molecule has 0 heterocycles. The molecule has 0 aliphatic rings. The van der Waals surface area contributed by atoms with Gasteiger partial charge in [-0.2, -0.15) is 0 Å². The molecule has 0 atom stereocenters. The first-order valence-corrected chi connectivity index (χ1v) is 8.92. The first-order chi connectivity index (χ1) is 12.1. The quantitative estimate of drug-likeness (QED) is 0.543. The highest BCUT2D eigenvalue weighted by Gasteiger charge is 2.20. The van der Waals surface area contributed by atoms with Crippen LogP contribution in [-0.2, 0) is 21.4 Å². The van der Waals surface area contributed by atoms with Gasteiger partial charge in [0.2, 0.25) is 0 Å². The molecular formula is C22H25ClO3. The Bertz CT molecular complexity index is 832. The summed E-state index contributed by atoms with van der Waals surface area (Å²) in [6.07, 6.45) is 0.419. The van der Waals surface area contributed by atoms with E-state index in [0.29, 0.717) is 17.0 Å². The molecule has 138 valence electrons. The van der Waals surface area contributed by atoms with Crippen LogP contribution >= 0.6 is 11.6 Å². The zero-order valence-electron chi connectivity index (χ0n) is 15.7. The molecule has 3 nitrogen and oxygen atoms in total. The maximum atomic E-state index is 11.6. The second-order valence-corrected chi connectivity index (χ2v) is 7.89. The van der Waals surface area contributed by atoms with Crippen LogP contribution in [0.15, 0.2) is 48.6 Å². The third kappa shape index (κ3) is 4.89. The summed E-state index contributed by atoms with van der Waals surface area (Å²) in [5.74, 6) is -0.238. The Morgan fingerprint density at radius 2 is 1.92 bits per heavy atom. The lowest BCUT2D eigenvalue weighted by molar-refractivity contribution is -0.138. The number of halogens is 1.